The Morgan fingerprint density at radius 3 is 2.76 bits per heavy atom. The lowest BCUT2D eigenvalue weighted by atomic mass is 10.1. The maximum absolute atomic E-state index is 13.0. The average Bonchev–Trinajstić information content (AvgIpc) is 3.20. The third-order valence-corrected chi connectivity index (χ3v) is 3.49. The largest absolute Gasteiger partial charge is 0.422 e. The first-order valence-electron chi connectivity index (χ1n) is 6.61. The molecule has 0 unspecified atom stereocenters. The first kappa shape index (κ1) is 13.7. The summed E-state index contributed by atoms with van der Waals surface area (Å²) in [4.78, 5) is 12.0. The summed E-state index contributed by atoms with van der Waals surface area (Å²) in [5.41, 5.74) is 1.12. The van der Waals surface area contributed by atoms with Crippen molar-refractivity contribution in [3.8, 4) is 5.75 Å². The summed E-state index contributed by atoms with van der Waals surface area (Å²) in [6.45, 7) is 1.58. The predicted octanol–water partition coefficient (Wildman–Crippen LogP) is 4.02. The van der Waals surface area contributed by atoms with Gasteiger partial charge in [0, 0.05) is 0 Å². The molecule has 0 atom stereocenters. The zero-order chi connectivity index (χ0) is 15.0. The molecule has 21 heavy (non-hydrogen) atoms. The molecule has 1 fully saturated rings. The highest BCUT2D eigenvalue weighted by Gasteiger charge is 2.27. The van der Waals surface area contributed by atoms with Crippen molar-refractivity contribution in [3.05, 3.63) is 46.8 Å². The van der Waals surface area contributed by atoms with Crippen molar-refractivity contribution in [2.24, 2.45) is 0 Å². The maximum Gasteiger partial charge on any atom is 0.348 e. The number of aromatic nitrogens is 1. The number of nitrogens with zero attached hydrogens (tertiary/aromatic N) is 1. The third kappa shape index (κ3) is 2.79. The van der Waals surface area contributed by atoms with Crippen molar-refractivity contribution >= 4 is 5.97 Å². The van der Waals surface area contributed by atoms with Crippen LogP contribution in [0.4, 0.5) is 8.78 Å². The second-order valence-electron chi connectivity index (χ2n) is 5.08. The molecular formula is C15H13F2NO3. The lowest BCUT2D eigenvalue weighted by Crippen LogP contribution is -2.10. The summed E-state index contributed by atoms with van der Waals surface area (Å²) in [6, 6.07) is 4.52. The highest BCUT2D eigenvalue weighted by Crippen LogP contribution is 2.42. The van der Waals surface area contributed by atoms with E-state index in [1.165, 1.54) is 12.1 Å². The van der Waals surface area contributed by atoms with Crippen LogP contribution in [0, 0.1) is 6.92 Å². The number of aryl methyl sites for hydroxylation is 1. The molecule has 4 nitrogen and oxygen atoms in total. The normalized spacial score (nSPS) is 14.5. The van der Waals surface area contributed by atoms with Gasteiger partial charge in [0.05, 0.1) is 11.3 Å². The van der Waals surface area contributed by atoms with Crippen molar-refractivity contribution in [2.75, 3.05) is 0 Å². The molecule has 0 saturated heterocycles. The number of carbonyl (C=O) groups is 1. The first-order valence-corrected chi connectivity index (χ1v) is 6.61. The molecule has 1 saturated carbocycles. The summed E-state index contributed by atoms with van der Waals surface area (Å²) < 4.78 is 35.8. The van der Waals surface area contributed by atoms with Crippen LogP contribution in [0.3, 0.4) is 0 Å². The van der Waals surface area contributed by atoms with Gasteiger partial charge in [0.2, 0.25) is 0 Å². The summed E-state index contributed by atoms with van der Waals surface area (Å²) >= 11 is 0. The molecule has 0 radical (unpaired) electrons. The van der Waals surface area contributed by atoms with Crippen LogP contribution in [0.5, 0.6) is 5.75 Å². The van der Waals surface area contributed by atoms with Gasteiger partial charge in [-0.25, -0.2) is 13.6 Å². The van der Waals surface area contributed by atoms with E-state index in [1.54, 1.807) is 13.0 Å². The van der Waals surface area contributed by atoms with Gasteiger partial charge in [-0.3, -0.25) is 0 Å². The molecule has 0 bridgehead atoms. The molecule has 1 aliphatic carbocycles. The Hall–Kier alpha value is -2.24. The quantitative estimate of drug-likeness (QED) is 0.631. The number of rotatable bonds is 4. The van der Waals surface area contributed by atoms with Crippen LogP contribution in [0.2, 0.25) is 0 Å². The average molecular weight is 293 g/mol. The van der Waals surface area contributed by atoms with Crippen molar-refractivity contribution in [1.82, 2.24) is 5.16 Å². The molecule has 1 aromatic heterocycles. The van der Waals surface area contributed by atoms with E-state index in [2.05, 4.69) is 9.68 Å². The lowest BCUT2D eigenvalue weighted by Gasteiger charge is -2.11. The summed E-state index contributed by atoms with van der Waals surface area (Å²) in [5.74, 6) is -0.463. The van der Waals surface area contributed by atoms with E-state index in [4.69, 9.17) is 4.74 Å². The zero-order valence-electron chi connectivity index (χ0n) is 11.3. The Morgan fingerprint density at radius 1 is 1.43 bits per heavy atom. The Labute approximate surface area is 119 Å². The SMILES string of the molecule is Cc1nocc1C(=O)Oc1cc(C2CC2)ccc1C(F)F. The molecule has 0 amide bonds. The minimum absolute atomic E-state index is 0.0972. The molecule has 1 heterocycles. The fourth-order valence-corrected chi connectivity index (χ4v) is 2.13. The monoisotopic (exact) mass is 293 g/mol. The van der Waals surface area contributed by atoms with E-state index in [-0.39, 0.29) is 16.9 Å². The number of halogens is 2. The number of benzene rings is 1. The molecular weight excluding hydrogens is 280 g/mol. The van der Waals surface area contributed by atoms with E-state index in [0.717, 1.165) is 24.7 Å². The summed E-state index contributed by atoms with van der Waals surface area (Å²) in [6.07, 6.45) is 0.507. The maximum atomic E-state index is 13.0. The van der Waals surface area contributed by atoms with Gasteiger partial charge in [-0.05, 0) is 43.4 Å². The third-order valence-electron chi connectivity index (χ3n) is 3.49. The Morgan fingerprint density at radius 2 is 2.19 bits per heavy atom. The van der Waals surface area contributed by atoms with Crippen LogP contribution < -0.4 is 4.74 Å². The second-order valence-corrected chi connectivity index (χ2v) is 5.08. The van der Waals surface area contributed by atoms with Gasteiger partial charge in [-0.1, -0.05) is 11.2 Å². The predicted molar refractivity (Wildman–Crippen MR) is 69.6 cm³/mol. The number of carbonyl (C=O) groups excluding carboxylic acids is 1. The molecule has 0 aliphatic heterocycles. The summed E-state index contributed by atoms with van der Waals surface area (Å²) in [5, 5.41) is 3.57. The van der Waals surface area contributed by atoms with Crippen LogP contribution in [0.15, 0.2) is 29.0 Å². The fraction of sp³-hybridized carbons (Fsp3) is 0.333. The number of hydrogen-bond acceptors (Lipinski definition) is 4. The van der Waals surface area contributed by atoms with E-state index in [1.807, 2.05) is 0 Å². The standard InChI is InChI=1S/C15H13F2NO3/c1-8-12(7-20-18-8)15(19)21-13-6-10(9-2-3-9)4-5-11(13)14(16)17/h4-7,9,14H,2-3H2,1H3. The Bertz CT molecular complexity index is 677. The van der Waals surface area contributed by atoms with E-state index < -0.39 is 12.4 Å². The van der Waals surface area contributed by atoms with Crippen LogP contribution in [0.1, 0.15) is 52.4 Å². The molecule has 1 aliphatic rings. The van der Waals surface area contributed by atoms with Gasteiger partial charge in [0.15, 0.2) is 0 Å². The molecule has 0 N–H and O–H groups in total. The van der Waals surface area contributed by atoms with E-state index in [0.29, 0.717) is 11.6 Å². The summed E-state index contributed by atoms with van der Waals surface area (Å²) in [7, 11) is 0. The molecule has 3 rings (SSSR count). The number of alkyl halides is 2. The fourth-order valence-electron chi connectivity index (χ4n) is 2.13. The van der Waals surface area contributed by atoms with Crippen molar-refractivity contribution in [3.63, 3.8) is 0 Å². The first-order chi connectivity index (χ1) is 10.1. The molecule has 110 valence electrons. The molecule has 1 aromatic carbocycles. The number of ether oxygens (including phenoxy) is 1. The minimum atomic E-state index is -2.70. The van der Waals surface area contributed by atoms with Gasteiger partial charge in [0.1, 0.15) is 17.6 Å². The lowest BCUT2D eigenvalue weighted by molar-refractivity contribution is 0.0721. The van der Waals surface area contributed by atoms with E-state index >= 15 is 0 Å². The highest BCUT2D eigenvalue weighted by atomic mass is 19.3. The Kier molecular flexibility index (Phi) is 3.45. The van der Waals surface area contributed by atoms with Gasteiger partial charge < -0.3 is 9.26 Å². The number of hydrogen-bond donors (Lipinski definition) is 0. The minimum Gasteiger partial charge on any atom is -0.422 e. The zero-order valence-corrected chi connectivity index (χ0v) is 11.3. The van der Waals surface area contributed by atoms with Crippen molar-refractivity contribution in [2.45, 2.75) is 32.1 Å². The van der Waals surface area contributed by atoms with Gasteiger partial charge >= 0.3 is 5.97 Å². The van der Waals surface area contributed by atoms with Gasteiger partial charge in [-0.2, -0.15) is 0 Å². The van der Waals surface area contributed by atoms with Crippen LogP contribution in [-0.4, -0.2) is 11.1 Å². The van der Waals surface area contributed by atoms with Crippen molar-refractivity contribution < 1.29 is 22.8 Å². The Balaban J connectivity index is 1.90. The van der Waals surface area contributed by atoms with Crippen molar-refractivity contribution in [1.29, 1.82) is 0 Å². The second kappa shape index (κ2) is 5.27. The molecule has 2 aromatic rings. The molecule has 6 heteroatoms. The van der Waals surface area contributed by atoms with Gasteiger partial charge in [0.25, 0.3) is 6.43 Å². The highest BCUT2D eigenvalue weighted by molar-refractivity contribution is 5.91. The number of esters is 1. The van der Waals surface area contributed by atoms with Gasteiger partial charge in [-0.15, -0.1) is 0 Å². The molecule has 0 spiro atoms. The van der Waals surface area contributed by atoms with Crippen LogP contribution >= 0.6 is 0 Å². The van der Waals surface area contributed by atoms with Crippen LogP contribution in [0.25, 0.3) is 0 Å². The smallest absolute Gasteiger partial charge is 0.348 e. The van der Waals surface area contributed by atoms with Crippen LogP contribution in [-0.2, 0) is 0 Å². The van der Waals surface area contributed by atoms with E-state index in [9.17, 15) is 13.6 Å². The topological polar surface area (TPSA) is 52.3 Å².